The molecule has 0 atom stereocenters. The summed E-state index contributed by atoms with van der Waals surface area (Å²) in [7, 11) is -2.52. The number of sulfonamides is 1. The van der Waals surface area contributed by atoms with Crippen LogP contribution in [0.2, 0.25) is 0 Å². The third kappa shape index (κ3) is 3.62. The molecule has 0 spiro atoms. The first kappa shape index (κ1) is 18.8. The zero-order valence-corrected chi connectivity index (χ0v) is 16.5. The van der Waals surface area contributed by atoms with Crippen LogP contribution in [-0.2, 0) is 10.0 Å². The minimum atomic E-state index is -3.93. The smallest absolute Gasteiger partial charge is 0.265 e. The Bertz CT molecular complexity index is 1220. The van der Waals surface area contributed by atoms with Crippen molar-refractivity contribution < 1.29 is 22.7 Å². The topological polar surface area (TPSA) is 93.7 Å². The van der Waals surface area contributed by atoms with E-state index in [1.165, 1.54) is 19.2 Å². The summed E-state index contributed by atoms with van der Waals surface area (Å²) in [4.78, 5) is 12.6. The number of rotatable bonds is 4. The van der Waals surface area contributed by atoms with Crippen molar-refractivity contribution in [1.29, 1.82) is 0 Å². The number of carbonyl (C=O) groups excluding carboxylic acids is 1. The van der Waals surface area contributed by atoms with Gasteiger partial charge in [0.05, 0.1) is 18.4 Å². The van der Waals surface area contributed by atoms with E-state index in [9.17, 15) is 13.2 Å². The molecule has 29 heavy (non-hydrogen) atoms. The van der Waals surface area contributed by atoms with Crippen molar-refractivity contribution >= 4 is 27.3 Å². The zero-order chi connectivity index (χ0) is 20.6. The van der Waals surface area contributed by atoms with Gasteiger partial charge in [-0.25, -0.2) is 8.42 Å². The summed E-state index contributed by atoms with van der Waals surface area (Å²) in [5.74, 6) is 0.689. The summed E-state index contributed by atoms with van der Waals surface area (Å²) in [5, 5.41) is 2.76. The molecule has 7 nitrogen and oxygen atoms in total. The number of amides is 1. The minimum Gasteiger partial charge on any atom is -0.495 e. The van der Waals surface area contributed by atoms with Gasteiger partial charge >= 0.3 is 0 Å². The van der Waals surface area contributed by atoms with Crippen molar-refractivity contribution in [2.45, 2.75) is 11.8 Å². The summed E-state index contributed by atoms with van der Waals surface area (Å²) >= 11 is 0. The zero-order valence-electron chi connectivity index (χ0n) is 15.7. The van der Waals surface area contributed by atoms with E-state index in [4.69, 9.17) is 9.47 Å². The Hall–Kier alpha value is -3.52. The number of fused-ring (bicyclic) bond motifs is 2. The number of benzene rings is 3. The molecule has 0 fully saturated rings. The van der Waals surface area contributed by atoms with E-state index < -0.39 is 10.0 Å². The van der Waals surface area contributed by atoms with Gasteiger partial charge in [-0.15, -0.1) is 0 Å². The van der Waals surface area contributed by atoms with Crippen molar-refractivity contribution in [3.05, 3.63) is 71.8 Å². The third-order valence-electron chi connectivity index (χ3n) is 4.44. The molecule has 0 bridgehead atoms. The first-order chi connectivity index (χ1) is 13.9. The molecular formula is C21H18N2O5S. The summed E-state index contributed by atoms with van der Waals surface area (Å²) < 4.78 is 39.3. The molecule has 4 rings (SSSR count). The predicted molar refractivity (Wildman–Crippen MR) is 109 cm³/mol. The van der Waals surface area contributed by atoms with Gasteiger partial charge in [-0.1, -0.05) is 18.2 Å². The van der Waals surface area contributed by atoms with Crippen molar-refractivity contribution in [1.82, 2.24) is 0 Å². The number of methoxy groups -OCH3 is 1. The number of para-hydroxylation sites is 2. The number of aryl methyl sites for hydroxylation is 1. The van der Waals surface area contributed by atoms with E-state index in [1.807, 2.05) is 0 Å². The summed E-state index contributed by atoms with van der Waals surface area (Å²) in [6.45, 7) is 1.79. The fourth-order valence-electron chi connectivity index (χ4n) is 3.03. The molecule has 3 aromatic carbocycles. The highest BCUT2D eigenvalue weighted by Crippen LogP contribution is 2.37. The lowest BCUT2D eigenvalue weighted by Gasteiger charge is -2.13. The molecule has 0 unspecified atom stereocenters. The monoisotopic (exact) mass is 410 g/mol. The lowest BCUT2D eigenvalue weighted by atomic mass is 10.1. The lowest BCUT2D eigenvalue weighted by molar-refractivity contribution is 0.102. The van der Waals surface area contributed by atoms with E-state index in [0.717, 1.165) is 5.56 Å². The Morgan fingerprint density at radius 1 is 1.00 bits per heavy atom. The quantitative estimate of drug-likeness (QED) is 0.674. The van der Waals surface area contributed by atoms with Crippen LogP contribution in [0.25, 0.3) is 0 Å². The van der Waals surface area contributed by atoms with Gasteiger partial charge in [-0.05, 0) is 55.0 Å². The van der Waals surface area contributed by atoms with Crippen molar-refractivity contribution in [2.75, 3.05) is 17.1 Å². The normalized spacial score (nSPS) is 12.7. The lowest BCUT2D eigenvalue weighted by Crippen LogP contribution is -2.15. The highest BCUT2D eigenvalue weighted by molar-refractivity contribution is 7.92. The van der Waals surface area contributed by atoms with Crippen LogP contribution in [-0.4, -0.2) is 21.4 Å². The Morgan fingerprint density at radius 2 is 1.79 bits per heavy atom. The number of anilines is 2. The SMILES string of the molecule is COc1ccc(C)cc1S(=O)(=O)Nc1ccc2c(c1)C(=O)Nc1ccccc1O2. The number of nitrogens with one attached hydrogen (secondary N) is 2. The van der Waals surface area contributed by atoms with Gasteiger partial charge in [0.25, 0.3) is 15.9 Å². The highest BCUT2D eigenvalue weighted by Gasteiger charge is 2.24. The number of carbonyl (C=O) groups is 1. The molecule has 0 aromatic heterocycles. The van der Waals surface area contributed by atoms with Gasteiger partial charge in [-0.2, -0.15) is 0 Å². The first-order valence-electron chi connectivity index (χ1n) is 8.77. The van der Waals surface area contributed by atoms with E-state index >= 15 is 0 Å². The number of hydrogen-bond acceptors (Lipinski definition) is 5. The molecule has 0 aliphatic carbocycles. The minimum absolute atomic E-state index is 0.0167. The second kappa shape index (κ2) is 7.14. The Balaban J connectivity index is 1.69. The van der Waals surface area contributed by atoms with Gasteiger partial charge in [0.1, 0.15) is 16.4 Å². The van der Waals surface area contributed by atoms with E-state index in [1.54, 1.807) is 55.5 Å². The van der Waals surface area contributed by atoms with Gasteiger partial charge in [0, 0.05) is 5.69 Å². The second-order valence-corrected chi connectivity index (χ2v) is 8.17. The van der Waals surface area contributed by atoms with Gasteiger partial charge in [-0.3, -0.25) is 9.52 Å². The van der Waals surface area contributed by atoms with Crippen molar-refractivity contribution in [3.8, 4) is 17.2 Å². The predicted octanol–water partition coefficient (Wildman–Crippen LogP) is 4.16. The van der Waals surface area contributed by atoms with E-state index in [2.05, 4.69) is 10.0 Å². The van der Waals surface area contributed by atoms with Crippen LogP contribution in [0, 0.1) is 6.92 Å². The van der Waals surface area contributed by atoms with Crippen LogP contribution in [0.3, 0.4) is 0 Å². The van der Waals surface area contributed by atoms with Crippen LogP contribution in [0.4, 0.5) is 11.4 Å². The second-order valence-electron chi connectivity index (χ2n) is 6.52. The summed E-state index contributed by atoms with van der Waals surface area (Å²) in [6.07, 6.45) is 0. The molecule has 1 aliphatic rings. The van der Waals surface area contributed by atoms with E-state index in [0.29, 0.717) is 17.2 Å². The average Bonchev–Trinajstić information content (AvgIpc) is 2.83. The number of hydrogen-bond donors (Lipinski definition) is 2. The van der Waals surface area contributed by atoms with Crippen LogP contribution in [0.5, 0.6) is 17.2 Å². The Labute approximate surface area is 168 Å². The van der Waals surface area contributed by atoms with Crippen LogP contribution < -0.4 is 19.5 Å². The molecule has 1 aliphatic heterocycles. The van der Waals surface area contributed by atoms with Gasteiger partial charge in [0.15, 0.2) is 5.75 Å². The molecule has 1 heterocycles. The maximum atomic E-state index is 12.9. The Morgan fingerprint density at radius 3 is 2.59 bits per heavy atom. The third-order valence-corrected chi connectivity index (χ3v) is 5.84. The van der Waals surface area contributed by atoms with Crippen LogP contribution in [0.15, 0.2) is 65.6 Å². The highest BCUT2D eigenvalue weighted by atomic mass is 32.2. The van der Waals surface area contributed by atoms with Crippen molar-refractivity contribution in [2.24, 2.45) is 0 Å². The number of ether oxygens (including phenoxy) is 2. The van der Waals surface area contributed by atoms with E-state index in [-0.39, 0.29) is 27.8 Å². The molecule has 0 saturated heterocycles. The van der Waals surface area contributed by atoms with Crippen molar-refractivity contribution in [3.63, 3.8) is 0 Å². The van der Waals surface area contributed by atoms with Crippen LogP contribution in [0.1, 0.15) is 15.9 Å². The maximum absolute atomic E-state index is 12.9. The van der Waals surface area contributed by atoms with Gasteiger partial charge in [0.2, 0.25) is 0 Å². The molecule has 3 aromatic rings. The fourth-order valence-corrected chi connectivity index (χ4v) is 4.34. The van der Waals surface area contributed by atoms with Crippen LogP contribution >= 0.6 is 0 Å². The first-order valence-corrected chi connectivity index (χ1v) is 10.3. The molecule has 148 valence electrons. The molecule has 1 amide bonds. The standard InChI is InChI=1S/C21H18N2O5S/c1-13-7-9-19(27-2)20(11-13)29(25,26)23-14-8-10-17-15(12-14)21(24)22-16-5-3-4-6-18(16)28-17/h3-12,23H,1-2H3,(H,22,24). The molecule has 0 radical (unpaired) electrons. The summed E-state index contributed by atoms with van der Waals surface area (Å²) in [5.41, 5.74) is 1.77. The average molecular weight is 410 g/mol. The molecule has 2 N–H and O–H groups in total. The van der Waals surface area contributed by atoms with Gasteiger partial charge < -0.3 is 14.8 Å². The fraction of sp³-hybridized carbons (Fsp3) is 0.0952. The molecule has 8 heteroatoms. The largest absolute Gasteiger partial charge is 0.495 e. The summed E-state index contributed by atoms with van der Waals surface area (Å²) in [6, 6.07) is 16.5. The maximum Gasteiger partial charge on any atom is 0.265 e. The molecular weight excluding hydrogens is 392 g/mol. The molecule has 0 saturated carbocycles. The Kier molecular flexibility index (Phi) is 4.63.